The molecule has 1 aromatic heterocycles. The predicted molar refractivity (Wildman–Crippen MR) is 79.2 cm³/mol. The minimum atomic E-state index is 0.537. The first-order valence-electron chi connectivity index (χ1n) is 6.91. The van der Waals surface area contributed by atoms with Crippen LogP contribution in [-0.2, 0) is 6.54 Å². The Balaban J connectivity index is 1.82. The Labute approximate surface area is 119 Å². The average Bonchev–Trinajstić information content (AvgIpc) is 2.88. The van der Waals surface area contributed by atoms with Crippen molar-refractivity contribution in [2.45, 2.75) is 52.5 Å². The molecule has 2 rings (SSSR count). The lowest BCUT2D eigenvalue weighted by Crippen LogP contribution is -2.33. The summed E-state index contributed by atoms with van der Waals surface area (Å²) in [4.78, 5) is 4.29. The molecule has 0 unspecified atom stereocenters. The summed E-state index contributed by atoms with van der Waals surface area (Å²) in [5.74, 6) is 0.791. The van der Waals surface area contributed by atoms with E-state index >= 15 is 0 Å². The molecule has 1 aliphatic carbocycles. The maximum absolute atomic E-state index is 5.89. The van der Waals surface area contributed by atoms with Gasteiger partial charge >= 0.3 is 0 Å². The molecule has 0 bridgehead atoms. The molecule has 1 saturated carbocycles. The molecule has 1 N–H and O–H groups in total. The predicted octanol–water partition coefficient (Wildman–Crippen LogP) is 4.49. The summed E-state index contributed by atoms with van der Waals surface area (Å²) in [7, 11) is 0. The Hall–Kier alpha value is -0.120. The van der Waals surface area contributed by atoms with Gasteiger partial charge in [0.2, 0.25) is 0 Å². The summed E-state index contributed by atoms with van der Waals surface area (Å²) < 4.78 is 0.782. The molecule has 0 atom stereocenters. The van der Waals surface area contributed by atoms with Gasteiger partial charge < -0.3 is 5.32 Å². The van der Waals surface area contributed by atoms with Crippen molar-refractivity contribution in [2.75, 3.05) is 6.54 Å². The van der Waals surface area contributed by atoms with E-state index in [1.165, 1.54) is 32.1 Å². The summed E-state index contributed by atoms with van der Waals surface area (Å²) >= 11 is 7.47. The zero-order chi connectivity index (χ0) is 13.0. The van der Waals surface area contributed by atoms with Crippen LogP contribution in [-0.4, -0.2) is 11.5 Å². The molecule has 0 aromatic carbocycles. The number of nitrogens with one attached hydrogen (secondary N) is 1. The van der Waals surface area contributed by atoms with Crippen LogP contribution >= 0.6 is 22.9 Å². The minimum absolute atomic E-state index is 0.537. The van der Waals surface area contributed by atoms with E-state index in [2.05, 4.69) is 24.1 Å². The lowest BCUT2D eigenvalue weighted by molar-refractivity contribution is 0.223. The van der Waals surface area contributed by atoms with Gasteiger partial charge in [-0.05, 0) is 30.6 Å². The molecule has 1 heterocycles. The maximum Gasteiger partial charge on any atom is 0.113 e. The number of thiazole rings is 1. The third-order valence-corrected chi connectivity index (χ3v) is 4.92. The van der Waals surface area contributed by atoms with E-state index < -0.39 is 0 Å². The summed E-state index contributed by atoms with van der Waals surface area (Å²) in [5, 5.41) is 4.69. The van der Waals surface area contributed by atoms with E-state index in [-0.39, 0.29) is 0 Å². The van der Waals surface area contributed by atoms with Crippen molar-refractivity contribution in [3.63, 3.8) is 0 Å². The van der Waals surface area contributed by atoms with Gasteiger partial charge in [0.15, 0.2) is 0 Å². The van der Waals surface area contributed by atoms with Gasteiger partial charge in [-0.15, -0.1) is 11.3 Å². The van der Waals surface area contributed by atoms with Crippen molar-refractivity contribution in [1.29, 1.82) is 0 Å². The molecule has 0 aliphatic heterocycles. The largest absolute Gasteiger partial charge is 0.310 e. The Morgan fingerprint density at radius 1 is 1.44 bits per heavy atom. The highest BCUT2D eigenvalue weighted by atomic mass is 35.5. The van der Waals surface area contributed by atoms with Crippen molar-refractivity contribution in [3.8, 4) is 0 Å². The Morgan fingerprint density at radius 2 is 2.17 bits per heavy atom. The normalized spacial score (nSPS) is 18.7. The lowest BCUT2D eigenvalue weighted by atomic mass is 9.78. The van der Waals surface area contributed by atoms with Gasteiger partial charge in [0.1, 0.15) is 9.34 Å². The van der Waals surface area contributed by atoms with Crippen LogP contribution in [0, 0.1) is 11.3 Å². The number of nitrogens with zero attached hydrogens (tertiary/aromatic N) is 1. The van der Waals surface area contributed by atoms with Crippen molar-refractivity contribution < 1.29 is 0 Å². The molecule has 0 amide bonds. The number of aromatic nitrogens is 1. The van der Waals surface area contributed by atoms with Crippen molar-refractivity contribution in [1.82, 2.24) is 10.3 Å². The van der Waals surface area contributed by atoms with Gasteiger partial charge in [0, 0.05) is 13.1 Å². The Morgan fingerprint density at radius 3 is 2.72 bits per heavy atom. The van der Waals surface area contributed by atoms with E-state index in [9.17, 15) is 0 Å². The second-order valence-corrected chi connectivity index (χ2v) is 7.71. The van der Waals surface area contributed by atoms with Gasteiger partial charge in [-0.25, -0.2) is 4.98 Å². The molecule has 2 nitrogen and oxygen atoms in total. The van der Waals surface area contributed by atoms with Crippen molar-refractivity contribution in [3.05, 3.63) is 15.5 Å². The molecular weight excluding hydrogens is 264 g/mol. The average molecular weight is 287 g/mol. The molecule has 0 saturated heterocycles. The first-order chi connectivity index (χ1) is 8.60. The molecule has 1 aliphatic rings. The van der Waals surface area contributed by atoms with Gasteiger partial charge in [-0.1, -0.05) is 38.3 Å². The van der Waals surface area contributed by atoms with Crippen molar-refractivity contribution >= 4 is 22.9 Å². The Kier molecular flexibility index (Phi) is 5.05. The lowest BCUT2D eigenvalue weighted by Gasteiger charge is -2.31. The topological polar surface area (TPSA) is 24.9 Å². The van der Waals surface area contributed by atoms with Crippen LogP contribution in [0.15, 0.2) is 6.20 Å². The van der Waals surface area contributed by atoms with Gasteiger partial charge in [0.25, 0.3) is 0 Å². The van der Waals surface area contributed by atoms with Crippen molar-refractivity contribution in [2.24, 2.45) is 11.3 Å². The van der Waals surface area contributed by atoms with E-state index in [0.717, 1.165) is 28.4 Å². The highest BCUT2D eigenvalue weighted by Gasteiger charge is 2.33. The summed E-state index contributed by atoms with van der Waals surface area (Å²) in [6, 6.07) is 0. The fourth-order valence-corrected chi connectivity index (χ4v) is 4.17. The summed E-state index contributed by atoms with van der Waals surface area (Å²) in [5.41, 5.74) is 0.537. The van der Waals surface area contributed by atoms with E-state index in [4.69, 9.17) is 11.6 Å². The number of rotatable bonds is 6. The third kappa shape index (κ3) is 3.94. The van der Waals surface area contributed by atoms with Crippen LogP contribution < -0.4 is 5.32 Å². The highest BCUT2D eigenvalue weighted by molar-refractivity contribution is 7.15. The fraction of sp³-hybridized carbons (Fsp3) is 0.786. The first-order valence-corrected chi connectivity index (χ1v) is 8.10. The van der Waals surface area contributed by atoms with E-state index in [0.29, 0.717) is 5.41 Å². The molecule has 0 spiro atoms. The molecule has 18 heavy (non-hydrogen) atoms. The van der Waals surface area contributed by atoms with Crippen LogP contribution in [0.1, 0.15) is 51.0 Å². The van der Waals surface area contributed by atoms with Gasteiger partial charge in [0.05, 0.1) is 6.20 Å². The first kappa shape index (κ1) is 14.3. The zero-order valence-electron chi connectivity index (χ0n) is 11.3. The van der Waals surface area contributed by atoms with Gasteiger partial charge in [-0.2, -0.15) is 0 Å². The van der Waals surface area contributed by atoms with E-state index in [1.807, 2.05) is 0 Å². The molecular formula is C14H23ClN2S. The molecule has 1 fully saturated rings. The smallest absolute Gasteiger partial charge is 0.113 e. The van der Waals surface area contributed by atoms with Crippen LogP contribution in [0.2, 0.25) is 4.34 Å². The summed E-state index contributed by atoms with van der Waals surface area (Å²) in [6.45, 7) is 6.65. The molecule has 0 radical (unpaired) electrons. The maximum atomic E-state index is 5.89. The third-order valence-electron chi connectivity index (χ3n) is 3.81. The minimum Gasteiger partial charge on any atom is -0.310 e. The summed E-state index contributed by atoms with van der Waals surface area (Å²) in [6.07, 6.45) is 8.66. The number of halogens is 1. The van der Waals surface area contributed by atoms with Gasteiger partial charge in [-0.3, -0.25) is 0 Å². The Bertz CT molecular complexity index is 370. The van der Waals surface area contributed by atoms with Crippen LogP contribution in [0.4, 0.5) is 0 Å². The van der Waals surface area contributed by atoms with E-state index in [1.54, 1.807) is 17.5 Å². The monoisotopic (exact) mass is 286 g/mol. The quantitative estimate of drug-likeness (QED) is 0.833. The van der Waals surface area contributed by atoms with Crippen LogP contribution in [0.3, 0.4) is 0 Å². The number of hydrogen-bond acceptors (Lipinski definition) is 3. The standard InChI is InChI=1S/C14H23ClN2S/c1-11(2)7-14(5-3-4-6-14)10-16-9-13-17-8-12(15)18-13/h8,11,16H,3-7,9-10H2,1-2H3. The molecule has 1 aromatic rings. The second kappa shape index (κ2) is 6.36. The SMILES string of the molecule is CC(C)CC1(CNCc2ncc(Cl)s2)CCCC1. The molecule has 102 valence electrons. The fourth-order valence-electron chi connectivity index (χ4n) is 3.25. The molecule has 4 heteroatoms. The zero-order valence-corrected chi connectivity index (χ0v) is 12.9. The highest BCUT2D eigenvalue weighted by Crippen LogP contribution is 2.42. The second-order valence-electron chi connectivity index (χ2n) is 5.97. The van der Waals surface area contributed by atoms with Crippen LogP contribution in [0.25, 0.3) is 0 Å². The number of hydrogen-bond donors (Lipinski definition) is 1. The van der Waals surface area contributed by atoms with Crippen LogP contribution in [0.5, 0.6) is 0 Å².